The Balaban J connectivity index is 2.44. The standard InChI is InChI=1S/C11H17BN2/c1-11(4-2-3-5-11)9-6-8(12)7-14-10(9)13/h6-7H,2-5,12H2,1H3,(H2,13,14). The number of nitrogens with two attached hydrogens (primary N) is 1. The van der Waals surface area contributed by atoms with Crippen molar-refractivity contribution in [3.8, 4) is 0 Å². The quantitative estimate of drug-likeness (QED) is 0.660. The molecular formula is C11H17BN2. The predicted molar refractivity (Wildman–Crippen MR) is 62.6 cm³/mol. The van der Waals surface area contributed by atoms with Crippen molar-refractivity contribution >= 4 is 19.1 Å². The lowest BCUT2D eigenvalue weighted by Gasteiger charge is -2.25. The van der Waals surface area contributed by atoms with Gasteiger partial charge in [0.1, 0.15) is 13.7 Å². The van der Waals surface area contributed by atoms with Crippen LogP contribution in [-0.4, -0.2) is 12.8 Å². The van der Waals surface area contributed by atoms with Crippen molar-refractivity contribution in [1.29, 1.82) is 0 Å². The molecule has 1 aliphatic rings. The molecule has 1 aliphatic carbocycles. The molecule has 1 aromatic heterocycles. The molecule has 0 spiro atoms. The Morgan fingerprint density at radius 1 is 1.43 bits per heavy atom. The van der Waals surface area contributed by atoms with Gasteiger partial charge in [0.15, 0.2) is 0 Å². The summed E-state index contributed by atoms with van der Waals surface area (Å²) >= 11 is 0. The zero-order valence-electron chi connectivity index (χ0n) is 9.01. The fourth-order valence-electron chi connectivity index (χ4n) is 2.49. The van der Waals surface area contributed by atoms with E-state index in [-0.39, 0.29) is 5.41 Å². The maximum atomic E-state index is 5.94. The second kappa shape index (κ2) is 3.30. The normalized spacial score (nSPS) is 19.8. The molecule has 0 amide bonds. The van der Waals surface area contributed by atoms with E-state index in [0.29, 0.717) is 0 Å². The van der Waals surface area contributed by atoms with E-state index >= 15 is 0 Å². The molecule has 0 aliphatic heterocycles. The molecule has 3 heteroatoms. The highest BCUT2D eigenvalue weighted by molar-refractivity contribution is 6.32. The van der Waals surface area contributed by atoms with Gasteiger partial charge in [0.25, 0.3) is 0 Å². The van der Waals surface area contributed by atoms with E-state index in [9.17, 15) is 0 Å². The van der Waals surface area contributed by atoms with E-state index in [1.807, 2.05) is 6.20 Å². The van der Waals surface area contributed by atoms with Gasteiger partial charge in [-0.05, 0) is 23.8 Å². The van der Waals surface area contributed by atoms with Crippen molar-refractivity contribution in [2.24, 2.45) is 0 Å². The van der Waals surface area contributed by atoms with E-state index in [1.54, 1.807) is 0 Å². The van der Waals surface area contributed by atoms with Crippen molar-refractivity contribution in [1.82, 2.24) is 4.98 Å². The molecule has 0 radical (unpaired) electrons. The molecule has 0 bridgehead atoms. The van der Waals surface area contributed by atoms with Gasteiger partial charge in [-0.15, -0.1) is 0 Å². The van der Waals surface area contributed by atoms with Crippen molar-refractivity contribution in [2.75, 3.05) is 5.73 Å². The molecule has 2 nitrogen and oxygen atoms in total. The fourth-order valence-corrected chi connectivity index (χ4v) is 2.49. The second-order valence-corrected chi connectivity index (χ2v) is 4.71. The van der Waals surface area contributed by atoms with Gasteiger partial charge in [0.05, 0.1) is 0 Å². The Labute approximate surface area is 86.3 Å². The topological polar surface area (TPSA) is 38.9 Å². The van der Waals surface area contributed by atoms with Gasteiger partial charge in [-0.3, -0.25) is 0 Å². The number of nitrogens with zero attached hydrogens (tertiary/aromatic N) is 1. The first-order valence-electron chi connectivity index (χ1n) is 5.34. The highest BCUT2D eigenvalue weighted by Gasteiger charge is 2.32. The summed E-state index contributed by atoms with van der Waals surface area (Å²) in [5.74, 6) is 0.722. The van der Waals surface area contributed by atoms with Gasteiger partial charge in [0.2, 0.25) is 0 Å². The summed E-state index contributed by atoms with van der Waals surface area (Å²) in [6.07, 6.45) is 7.00. The smallest absolute Gasteiger partial charge is 0.141 e. The van der Waals surface area contributed by atoms with E-state index < -0.39 is 0 Å². The molecule has 0 atom stereocenters. The number of aromatic nitrogens is 1. The summed E-state index contributed by atoms with van der Waals surface area (Å²) in [7, 11) is 2.08. The summed E-state index contributed by atoms with van der Waals surface area (Å²) in [6.45, 7) is 2.31. The maximum Gasteiger partial charge on any atom is 0.141 e. The van der Waals surface area contributed by atoms with Crippen molar-refractivity contribution in [2.45, 2.75) is 38.0 Å². The van der Waals surface area contributed by atoms with Gasteiger partial charge in [-0.2, -0.15) is 0 Å². The van der Waals surface area contributed by atoms with Crippen LogP contribution in [0.25, 0.3) is 0 Å². The van der Waals surface area contributed by atoms with Crippen molar-refractivity contribution in [3.63, 3.8) is 0 Å². The zero-order valence-corrected chi connectivity index (χ0v) is 9.01. The third-order valence-electron chi connectivity index (χ3n) is 3.41. The first kappa shape index (κ1) is 9.57. The SMILES string of the molecule is Bc1cnc(N)c(C2(C)CCCC2)c1. The van der Waals surface area contributed by atoms with Crippen LogP contribution in [0.2, 0.25) is 0 Å². The minimum Gasteiger partial charge on any atom is -0.383 e. The van der Waals surface area contributed by atoms with Crippen LogP contribution < -0.4 is 11.2 Å². The van der Waals surface area contributed by atoms with Crippen LogP contribution >= 0.6 is 0 Å². The summed E-state index contributed by atoms with van der Waals surface area (Å²) < 4.78 is 0. The molecule has 14 heavy (non-hydrogen) atoms. The van der Waals surface area contributed by atoms with Crippen LogP contribution in [-0.2, 0) is 5.41 Å². The fraction of sp³-hybridized carbons (Fsp3) is 0.545. The molecule has 0 aromatic carbocycles. The number of hydrogen-bond acceptors (Lipinski definition) is 2. The monoisotopic (exact) mass is 188 g/mol. The molecule has 0 saturated heterocycles. The molecule has 1 heterocycles. The Morgan fingerprint density at radius 3 is 2.71 bits per heavy atom. The molecule has 2 N–H and O–H groups in total. The van der Waals surface area contributed by atoms with Crippen LogP contribution in [0.15, 0.2) is 12.3 Å². The Kier molecular flexibility index (Phi) is 2.26. The van der Waals surface area contributed by atoms with E-state index in [4.69, 9.17) is 5.73 Å². The molecule has 2 rings (SSSR count). The minimum atomic E-state index is 0.281. The average molecular weight is 188 g/mol. The van der Waals surface area contributed by atoms with Gasteiger partial charge in [-0.25, -0.2) is 4.98 Å². The largest absolute Gasteiger partial charge is 0.383 e. The average Bonchev–Trinajstić information content (AvgIpc) is 2.58. The van der Waals surface area contributed by atoms with Crippen LogP contribution in [0.5, 0.6) is 0 Å². The highest BCUT2D eigenvalue weighted by atomic mass is 14.8. The Hall–Kier alpha value is -0.985. The summed E-state index contributed by atoms with van der Waals surface area (Å²) in [4.78, 5) is 4.25. The lowest BCUT2D eigenvalue weighted by Crippen LogP contribution is -2.22. The number of rotatable bonds is 1. The molecule has 1 saturated carbocycles. The van der Waals surface area contributed by atoms with E-state index in [2.05, 4.69) is 25.8 Å². The number of hydrogen-bond donors (Lipinski definition) is 1. The van der Waals surface area contributed by atoms with Gasteiger partial charge >= 0.3 is 0 Å². The molecule has 1 aromatic rings. The third kappa shape index (κ3) is 1.51. The van der Waals surface area contributed by atoms with Crippen LogP contribution in [0, 0.1) is 0 Å². The zero-order chi connectivity index (χ0) is 10.2. The number of anilines is 1. The molecular weight excluding hydrogens is 171 g/mol. The number of pyridine rings is 1. The Bertz CT molecular complexity index is 343. The van der Waals surface area contributed by atoms with Crippen LogP contribution in [0.3, 0.4) is 0 Å². The first-order valence-corrected chi connectivity index (χ1v) is 5.34. The maximum absolute atomic E-state index is 5.94. The van der Waals surface area contributed by atoms with Crippen molar-refractivity contribution < 1.29 is 0 Å². The molecule has 0 unspecified atom stereocenters. The third-order valence-corrected chi connectivity index (χ3v) is 3.41. The van der Waals surface area contributed by atoms with E-state index in [0.717, 1.165) is 5.82 Å². The summed E-state index contributed by atoms with van der Waals surface area (Å²) in [6, 6.07) is 2.20. The van der Waals surface area contributed by atoms with Gasteiger partial charge in [0, 0.05) is 6.20 Å². The second-order valence-electron chi connectivity index (χ2n) is 4.71. The predicted octanol–water partition coefficient (Wildman–Crippen LogP) is 0.754. The van der Waals surface area contributed by atoms with Gasteiger partial charge < -0.3 is 5.73 Å². The highest BCUT2D eigenvalue weighted by Crippen LogP contribution is 2.41. The lowest BCUT2D eigenvalue weighted by atomic mass is 9.79. The molecule has 1 fully saturated rings. The lowest BCUT2D eigenvalue weighted by molar-refractivity contribution is 0.492. The summed E-state index contributed by atoms with van der Waals surface area (Å²) in [5.41, 5.74) is 8.69. The summed E-state index contributed by atoms with van der Waals surface area (Å²) in [5, 5.41) is 0. The van der Waals surface area contributed by atoms with Gasteiger partial charge in [-0.1, -0.05) is 31.3 Å². The van der Waals surface area contributed by atoms with Crippen LogP contribution in [0.4, 0.5) is 5.82 Å². The van der Waals surface area contributed by atoms with E-state index in [1.165, 1.54) is 36.7 Å². The minimum absolute atomic E-state index is 0.281. The first-order chi connectivity index (χ1) is 6.62. The van der Waals surface area contributed by atoms with Crippen molar-refractivity contribution in [3.05, 3.63) is 17.8 Å². The Morgan fingerprint density at radius 2 is 2.07 bits per heavy atom. The molecule has 74 valence electrons. The van der Waals surface area contributed by atoms with Crippen LogP contribution in [0.1, 0.15) is 38.2 Å². The number of nitrogen functional groups attached to an aromatic ring is 1.